The molecule has 1 saturated heterocycles. The Hall–Kier alpha value is -1.85. The Labute approximate surface area is 91.7 Å². The summed E-state index contributed by atoms with van der Waals surface area (Å²) in [5.41, 5.74) is 1.15. The maximum atomic E-state index is 11.9. The van der Waals surface area contributed by atoms with Gasteiger partial charge in [0.25, 0.3) is 5.56 Å². The molecule has 0 radical (unpaired) electrons. The number of aromatic amines is 2. The van der Waals surface area contributed by atoms with Crippen LogP contribution < -0.4 is 10.5 Å². The number of rotatable bonds is 1. The predicted molar refractivity (Wildman–Crippen MR) is 60.7 cm³/mol. The fraction of sp³-hybridized carbons (Fsp3) is 0.500. The molecule has 2 N–H and O–H groups in total. The lowest BCUT2D eigenvalue weighted by Gasteiger charge is -2.14. The van der Waals surface area contributed by atoms with E-state index in [1.165, 1.54) is 0 Å². The van der Waals surface area contributed by atoms with E-state index in [0.717, 1.165) is 31.6 Å². The van der Waals surface area contributed by atoms with E-state index in [1.54, 1.807) is 0 Å². The van der Waals surface area contributed by atoms with Gasteiger partial charge in [-0.1, -0.05) is 0 Å². The number of anilines is 1. The van der Waals surface area contributed by atoms with Crippen LogP contribution in [0.3, 0.4) is 0 Å². The van der Waals surface area contributed by atoms with Gasteiger partial charge in [0.15, 0.2) is 5.65 Å². The largest absolute Gasteiger partial charge is 0.342 e. The molecule has 0 atom stereocenters. The van der Waals surface area contributed by atoms with Gasteiger partial charge in [-0.2, -0.15) is 10.1 Å². The molecular weight excluding hydrogens is 206 g/mol. The molecule has 0 spiro atoms. The first kappa shape index (κ1) is 9.38. The highest BCUT2D eigenvalue weighted by Gasteiger charge is 2.17. The maximum absolute atomic E-state index is 11.9. The van der Waals surface area contributed by atoms with Gasteiger partial charge >= 0.3 is 0 Å². The normalized spacial score (nSPS) is 16.2. The second-order valence-electron chi connectivity index (χ2n) is 4.13. The highest BCUT2D eigenvalue weighted by atomic mass is 16.1. The molecule has 0 unspecified atom stereocenters. The van der Waals surface area contributed by atoms with Crippen molar-refractivity contribution in [1.29, 1.82) is 0 Å². The molecule has 1 aliphatic heterocycles. The fourth-order valence-electron chi connectivity index (χ4n) is 2.14. The maximum Gasteiger partial charge on any atom is 0.263 e. The molecule has 0 aliphatic carbocycles. The van der Waals surface area contributed by atoms with Crippen LogP contribution in [0.15, 0.2) is 4.79 Å². The summed E-state index contributed by atoms with van der Waals surface area (Å²) in [5.74, 6) is 0.640. The summed E-state index contributed by atoms with van der Waals surface area (Å²) in [4.78, 5) is 21.1. The van der Waals surface area contributed by atoms with Crippen molar-refractivity contribution in [2.45, 2.75) is 19.8 Å². The monoisotopic (exact) mass is 219 g/mol. The van der Waals surface area contributed by atoms with Gasteiger partial charge in [-0.25, -0.2) is 0 Å². The van der Waals surface area contributed by atoms with Gasteiger partial charge in [0.2, 0.25) is 5.95 Å². The topological polar surface area (TPSA) is 77.7 Å². The Kier molecular flexibility index (Phi) is 1.95. The minimum absolute atomic E-state index is 0.113. The van der Waals surface area contributed by atoms with E-state index in [4.69, 9.17) is 0 Å². The Morgan fingerprint density at radius 1 is 1.31 bits per heavy atom. The molecule has 2 aromatic heterocycles. The Morgan fingerprint density at radius 2 is 2.06 bits per heavy atom. The van der Waals surface area contributed by atoms with Gasteiger partial charge in [0.1, 0.15) is 5.39 Å². The van der Waals surface area contributed by atoms with Gasteiger partial charge in [0.05, 0.1) is 0 Å². The lowest BCUT2D eigenvalue weighted by molar-refractivity contribution is 0.897. The zero-order valence-corrected chi connectivity index (χ0v) is 9.08. The minimum atomic E-state index is -0.113. The molecule has 1 aliphatic rings. The van der Waals surface area contributed by atoms with E-state index in [-0.39, 0.29) is 5.56 Å². The molecule has 16 heavy (non-hydrogen) atoms. The van der Waals surface area contributed by atoms with Gasteiger partial charge < -0.3 is 4.90 Å². The first-order valence-electron chi connectivity index (χ1n) is 5.45. The Bertz CT molecular complexity index is 578. The summed E-state index contributed by atoms with van der Waals surface area (Å²) >= 11 is 0. The van der Waals surface area contributed by atoms with Crippen LogP contribution in [-0.2, 0) is 0 Å². The van der Waals surface area contributed by atoms with Gasteiger partial charge in [0, 0.05) is 18.8 Å². The molecular formula is C10H13N5O. The van der Waals surface area contributed by atoms with E-state index in [9.17, 15) is 4.79 Å². The molecule has 3 rings (SSSR count). The van der Waals surface area contributed by atoms with E-state index in [0.29, 0.717) is 17.0 Å². The number of nitrogens with zero attached hydrogens (tertiary/aromatic N) is 3. The van der Waals surface area contributed by atoms with Crippen LogP contribution in [-0.4, -0.2) is 33.3 Å². The van der Waals surface area contributed by atoms with Crippen molar-refractivity contribution in [1.82, 2.24) is 20.2 Å². The number of hydrogen-bond donors (Lipinski definition) is 2. The van der Waals surface area contributed by atoms with Crippen LogP contribution >= 0.6 is 0 Å². The lowest BCUT2D eigenvalue weighted by Crippen LogP contribution is -2.23. The summed E-state index contributed by atoms with van der Waals surface area (Å²) in [7, 11) is 0. The van der Waals surface area contributed by atoms with Crippen LogP contribution in [0.2, 0.25) is 0 Å². The molecule has 0 saturated carbocycles. The van der Waals surface area contributed by atoms with E-state index < -0.39 is 0 Å². The number of nitrogens with one attached hydrogen (secondary N) is 2. The number of H-pyrrole nitrogens is 2. The first-order chi connectivity index (χ1) is 7.75. The molecule has 0 amide bonds. The quantitative estimate of drug-likeness (QED) is 0.734. The molecule has 6 nitrogen and oxygen atoms in total. The molecule has 2 aromatic rings. The van der Waals surface area contributed by atoms with Crippen LogP contribution in [0.5, 0.6) is 0 Å². The summed E-state index contributed by atoms with van der Waals surface area (Å²) in [6.45, 7) is 3.73. The van der Waals surface area contributed by atoms with Gasteiger partial charge in [-0.05, 0) is 19.8 Å². The van der Waals surface area contributed by atoms with Crippen molar-refractivity contribution in [2.24, 2.45) is 0 Å². The van der Waals surface area contributed by atoms with Crippen LogP contribution in [0.1, 0.15) is 18.5 Å². The van der Waals surface area contributed by atoms with Crippen molar-refractivity contribution in [3.63, 3.8) is 0 Å². The van der Waals surface area contributed by atoms with E-state index >= 15 is 0 Å². The van der Waals surface area contributed by atoms with E-state index in [2.05, 4.69) is 25.1 Å². The number of aryl methyl sites for hydroxylation is 1. The van der Waals surface area contributed by atoms with Crippen LogP contribution in [0.25, 0.3) is 11.0 Å². The number of aromatic nitrogens is 4. The zero-order chi connectivity index (χ0) is 11.1. The molecule has 6 heteroatoms. The summed E-state index contributed by atoms with van der Waals surface area (Å²) in [5, 5.41) is 7.37. The zero-order valence-electron chi connectivity index (χ0n) is 9.08. The minimum Gasteiger partial charge on any atom is -0.342 e. The molecule has 84 valence electrons. The van der Waals surface area contributed by atoms with Crippen LogP contribution in [0.4, 0.5) is 5.95 Å². The number of fused-ring (bicyclic) bond motifs is 1. The molecule has 1 fully saturated rings. The SMILES string of the molecule is Cc1[nH]nc2nc(N3CCCC3)[nH]c(=O)c12. The Balaban J connectivity index is 2.17. The fourth-order valence-corrected chi connectivity index (χ4v) is 2.14. The van der Waals surface area contributed by atoms with Crippen molar-refractivity contribution < 1.29 is 0 Å². The summed E-state index contributed by atoms with van der Waals surface area (Å²) in [6, 6.07) is 0. The standard InChI is InChI=1S/C10H13N5O/c1-6-7-8(14-13-6)11-10(12-9(7)16)15-4-2-3-5-15/h2-5H2,1H3,(H2,11,12,13,14,16). The second kappa shape index (κ2) is 3.33. The average Bonchev–Trinajstić information content (AvgIpc) is 2.87. The van der Waals surface area contributed by atoms with Crippen molar-refractivity contribution in [2.75, 3.05) is 18.0 Å². The third kappa shape index (κ3) is 1.30. The van der Waals surface area contributed by atoms with Crippen molar-refractivity contribution in [3.05, 3.63) is 16.0 Å². The van der Waals surface area contributed by atoms with Crippen molar-refractivity contribution in [3.8, 4) is 0 Å². The third-order valence-corrected chi connectivity index (χ3v) is 3.00. The second-order valence-corrected chi connectivity index (χ2v) is 4.13. The smallest absolute Gasteiger partial charge is 0.263 e. The van der Waals surface area contributed by atoms with Crippen LogP contribution in [0, 0.1) is 6.92 Å². The first-order valence-corrected chi connectivity index (χ1v) is 5.45. The Morgan fingerprint density at radius 3 is 2.81 bits per heavy atom. The summed E-state index contributed by atoms with van der Waals surface area (Å²) < 4.78 is 0. The molecule has 0 bridgehead atoms. The highest BCUT2D eigenvalue weighted by molar-refractivity contribution is 5.77. The molecule has 3 heterocycles. The third-order valence-electron chi connectivity index (χ3n) is 3.00. The average molecular weight is 219 g/mol. The predicted octanol–water partition coefficient (Wildman–Crippen LogP) is 0.555. The highest BCUT2D eigenvalue weighted by Crippen LogP contribution is 2.16. The number of hydrogen-bond acceptors (Lipinski definition) is 4. The lowest BCUT2D eigenvalue weighted by atomic mass is 10.3. The molecule has 0 aromatic carbocycles. The van der Waals surface area contributed by atoms with Gasteiger partial charge in [-0.3, -0.25) is 14.9 Å². The van der Waals surface area contributed by atoms with E-state index in [1.807, 2.05) is 6.92 Å². The van der Waals surface area contributed by atoms with Gasteiger partial charge in [-0.15, -0.1) is 0 Å². The summed E-state index contributed by atoms with van der Waals surface area (Å²) in [6.07, 6.45) is 2.31. The van der Waals surface area contributed by atoms with Crippen molar-refractivity contribution >= 4 is 17.0 Å².